The normalized spacial score (nSPS) is 9.81. The zero-order valence-electron chi connectivity index (χ0n) is 11.7. The molecule has 1 amide bonds. The van der Waals surface area contributed by atoms with Gasteiger partial charge in [0.2, 0.25) is 0 Å². The van der Waals surface area contributed by atoms with Crippen molar-refractivity contribution in [1.82, 2.24) is 14.9 Å². The van der Waals surface area contributed by atoms with E-state index in [9.17, 15) is 4.79 Å². The van der Waals surface area contributed by atoms with Gasteiger partial charge >= 0.3 is 0 Å². The smallest absolute Gasteiger partial charge is 0.265 e. The third-order valence-electron chi connectivity index (χ3n) is 2.84. The Morgan fingerprint density at radius 3 is 2.81 bits per heavy atom. The van der Waals surface area contributed by atoms with Crippen LogP contribution in [0.2, 0.25) is 0 Å². The average molecular weight is 300 g/mol. The number of carbonyl (C=O) groups is 1. The highest BCUT2D eigenvalue weighted by molar-refractivity contribution is 7.08. The first kappa shape index (κ1) is 15.2. The van der Waals surface area contributed by atoms with E-state index in [1.807, 2.05) is 31.2 Å². The molecule has 6 heteroatoms. The van der Waals surface area contributed by atoms with Crippen molar-refractivity contribution >= 4 is 17.4 Å². The lowest BCUT2D eigenvalue weighted by Gasteiger charge is -2.04. The fourth-order valence-corrected chi connectivity index (χ4v) is 2.40. The number of nitrogens with one attached hydrogen (secondary N) is 1. The predicted molar refractivity (Wildman–Crippen MR) is 82.8 cm³/mol. The maximum absolute atomic E-state index is 12.1. The first-order valence-electron chi connectivity index (χ1n) is 6.62. The van der Waals surface area contributed by atoms with Crippen LogP contribution in [0.1, 0.15) is 33.4 Å². The Hall–Kier alpha value is -2.23. The number of amides is 1. The lowest BCUT2D eigenvalue weighted by molar-refractivity contribution is 0.0954. The maximum Gasteiger partial charge on any atom is 0.265 e. The summed E-state index contributed by atoms with van der Waals surface area (Å²) >= 11 is 1.13. The monoisotopic (exact) mass is 300 g/mol. The van der Waals surface area contributed by atoms with Gasteiger partial charge in [-0.25, -0.2) is 0 Å². The van der Waals surface area contributed by atoms with Crippen molar-refractivity contribution in [2.75, 3.05) is 6.54 Å². The molecule has 0 unspecified atom stereocenters. The fourth-order valence-electron chi connectivity index (χ4n) is 1.73. The Balaban J connectivity index is 1.95. The number of hydrogen-bond donors (Lipinski definition) is 2. The second kappa shape index (κ2) is 7.53. The van der Waals surface area contributed by atoms with Gasteiger partial charge in [-0.3, -0.25) is 4.79 Å². The second-order valence-electron chi connectivity index (χ2n) is 4.29. The zero-order valence-corrected chi connectivity index (χ0v) is 12.5. The second-order valence-corrected chi connectivity index (χ2v) is 5.04. The molecule has 0 aliphatic heterocycles. The Bertz CT molecular complexity index is 667. The minimum absolute atomic E-state index is 0.131. The molecule has 108 valence electrons. The third-order valence-corrected chi connectivity index (χ3v) is 3.61. The molecule has 3 N–H and O–H groups in total. The van der Waals surface area contributed by atoms with E-state index in [0.29, 0.717) is 24.4 Å². The third kappa shape index (κ3) is 4.12. The molecule has 1 heterocycles. The minimum Gasteiger partial charge on any atom is -0.347 e. The van der Waals surface area contributed by atoms with E-state index in [-0.39, 0.29) is 5.91 Å². The molecule has 0 radical (unpaired) electrons. The zero-order chi connectivity index (χ0) is 15.1. The number of nitrogens with zero attached hydrogens (tertiary/aromatic N) is 2. The summed E-state index contributed by atoms with van der Waals surface area (Å²) < 4.78 is 3.81. The lowest BCUT2D eigenvalue weighted by atomic mass is 10.1. The number of carbonyl (C=O) groups excluding carboxylic acids is 1. The number of benzene rings is 1. The SMILES string of the molecule is CCc1nnsc1C(=O)NCc1ccc(C#CCN)cc1. The standard InChI is InChI=1S/C15H16N4OS/c1-2-13-14(21-19-18-13)15(20)17-10-12-7-5-11(6-8-12)4-3-9-16/h5-8H,2,9-10,16H2,1H3,(H,17,20). The van der Waals surface area contributed by atoms with Crippen molar-refractivity contribution in [3.05, 3.63) is 46.0 Å². The predicted octanol–water partition coefficient (Wildman–Crippen LogP) is 1.34. The van der Waals surface area contributed by atoms with Crippen LogP contribution in [0, 0.1) is 11.8 Å². The molecule has 0 spiro atoms. The molecule has 5 nitrogen and oxygen atoms in total. The van der Waals surface area contributed by atoms with Crippen molar-refractivity contribution in [2.24, 2.45) is 5.73 Å². The van der Waals surface area contributed by atoms with Crippen LogP contribution in [-0.4, -0.2) is 22.0 Å². The Morgan fingerprint density at radius 2 is 2.14 bits per heavy atom. The van der Waals surface area contributed by atoms with E-state index < -0.39 is 0 Å². The summed E-state index contributed by atoms with van der Waals surface area (Å²) in [6.07, 6.45) is 0.702. The molecule has 2 rings (SSSR count). The average Bonchev–Trinajstić information content (AvgIpc) is 3.00. The summed E-state index contributed by atoms with van der Waals surface area (Å²) in [5.74, 6) is 5.63. The first-order chi connectivity index (χ1) is 10.2. The molecule has 1 aromatic heterocycles. The summed E-state index contributed by atoms with van der Waals surface area (Å²) in [7, 11) is 0. The number of aromatic nitrogens is 2. The summed E-state index contributed by atoms with van der Waals surface area (Å²) in [6.45, 7) is 2.76. The van der Waals surface area contributed by atoms with Crippen LogP contribution in [0.25, 0.3) is 0 Å². The van der Waals surface area contributed by atoms with Crippen molar-refractivity contribution < 1.29 is 4.79 Å². The summed E-state index contributed by atoms with van der Waals surface area (Å²) in [5.41, 5.74) is 7.99. The minimum atomic E-state index is -0.131. The topological polar surface area (TPSA) is 80.9 Å². The molecule has 1 aromatic carbocycles. The fraction of sp³-hybridized carbons (Fsp3) is 0.267. The molecular formula is C15H16N4OS. The van der Waals surface area contributed by atoms with Crippen molar-refractivity contribution in [2.45, 2.75) is 19.9 Å². The molecule has 0 saturated heterocycles. The quantitative estimate of drug-likeness (QED) is 0.835. The maximum atomic E-state index is 12.1. The number of aryl methyl sites for hydroxylation is 1. The molecular weight excluding hydrogens is 284 g/mol. The Kier molecular flexibility index (Phi) is 5.43. The number of rotatable bonds is 4. The molecule has 0 bridgehead atoms. The van der Waals surface area contributed by atoms with E-state index in [2.05, 4.69) is 26.7 Å². The number of hydrogen-bond acceptors (Lipinski definition) is 5. The van der Waals surface area contributed by atoms with E-state index in [1.54, 1.807) is 0 Å². The van der Waals surface area contributed by atoms with Crippen LogP contribution in [0.3, 0.4) is 0 Å². The summed E-state index contributed by atoms with van der Waals surface area (Å²) in [5, 5.41) is 6.81. The first-order valence-corrected chi connectivity index (χ1v) is 7.39. The van der Waals surface area contributed by atoms with E-state index in [4.69, 9.17) is 5.73 Å². The van der Waals surface area contributed by atoms with Crippen LogP contribution < -0.4 is 11.1 Å². The van der Waals surface area contributed by atoms with Crippen LogP contribution in [0.15, 0.2) is 24.3 Å². The van der Waals surface area contributed by atoms with Crippen molar-refractivity contribution in [3.8, 4) is 11.8 Å². The van der Waals surface area contributed by atoms with Crippen LogP contribution in [-0.2, 0) is 13.0 Å². The van der Waals surface area contributed by atoms with Crippen LogP contribution >= 0.6 is 11.5 Å². The Morgan fingerprint density at radius 1 is 1.38 bits per heavy atom. The molecule has 0 fully saturated rings. The largest absolute Gasteiger partial charge is 0.347 e. The molecule has 0 aliphatic rings. The van der Waals surface area contributed by atoms with E-state index in [0.717, 1.165) is 28.4 Å². The highest BCUT2D eigenvalue weighted by Gasteiger charge is 2.14. The molecule has 2 aromatic rings. The molecule has 0 saturated carbocycles. The van der Waals surface area contributed by atoms with Gasteiger partial charge in [-0.1, -0.05) is 35.4 Å². The van der Waals surface area contributed by atoms with Gasteiger partial charge < -0.3 is 11.1 Å². The number of nitrogens with two attached hydrogens (primary N) is 1. The van der Waals surface area contributed by atoms with Gasteiger partial charge in [-0.15, -0.1) is 5.10 Å². The van der Waals surface area contributed by atoms with Gasteiger partial charge in [0.1, 0.15) is 4.88 Å². The highest BCUT2D eigenvalue weighted by Crippen LogP contribution is 2.11. The van der Waals surface area contributed by atoms with Crippen LogP contribution in [0.4, 0.5) is 0 Å². The van der Waals surface area contributed by atoms with Gasteiger partial charge in [0.15, 0.2) is 0 Å². The van der Waals surface area contributed by atoms with Gasteiger partial charge in [0, 0.05) is 12.1 Å². The van der Waals surface area contributed by atoms with Crippen LogP contribution in [0.5, 0.6) is 0 Å². The molecule has 0 aliphatic carbocycles. The lowest BCUT2D eigenvalue weighted by Crippen LogP contribution is -2.22. The summed E-state index contributed by atoms with van der Waals surface area (Å²) in [4.78, 5) is 12.6. The van der Waals surface area contributed by atoms with E-state index in [1.165, 1.54) is 0 Å². The van der Waals surface area contributed by atoms with Crippen molar-refractivity contribution in [3.63, 3.8) is 0 Å². The van der Waals surface area contributed by atoms with Gasteiger partial charge in [-0.05, 0) is 35.6 Å². The van der Waals surface area contributed by atoms with Crippen molar-refractivity contribution in [1.29, 1.82) is 0 Å². The van der Waals surface area contributed by atoms with E-state index >= 15 is 0 Å². The summed E-state index contributed by atoms with van der Waals surface area (Å²) in [6, 6.07) is 7.70. The van der Waals surface area contributed by atoms with Gasteiger partial charge in [0.25, 0.3) is 5.91 Å². The Labute approximate surface area is 127 Å². The highest BCUT2D eigenvalue weighted by atomic mass is 32.1. The molecule has 0 atom stereocenters. The van der Waals surface area contributed by atoms with Gasteiger partial charge in [-0.2, -0.15) is 0 Å². The van der Waals surface area contributed by atoms with Gasteiger partial charge in [0.05, 0.1) is 12.2 Å². The molecule has 21 heavy (non-hydrogen) atoms.